The summed E-state index contributed by atoms with van der Waals surface area (Å²) < 4.78 is 0. The molecule has 3 fully saturated rings. The number of aromatic nitrogens is 2. The molecule has 8 heteroatoms. The van der Waals surface area contributed by atoms with Gasteiger partial charge in [0, 0.05) is 107 Å². The van der Waals surface area contributed by atoms with Gasteiger partial charge in [0.15, 0.2) is 0 Å². The number of rotatable bonds is 5. The Balaban J connectivity index is 1.11. The topological polar surface area (TPSA) is 74.6 Å². The molecule has 3 aromatic rings. The van der Waals surface area contributed by atoms with Crippen molar-refractivity contribution in [3.05, 3.63) is 60.0 Å². The second-order valence-electron chi connectivity index (χ2n) is 10.6. The Morgan fingerprint density at radius 3 is 2.68 bits per heavy atom. The van der Waals surface area contributed by atoms with Crippen molar-refractivity contribution in [1.82, 2.24) is 25.1 Å². The number of benzene rings is 1. The summed E-state index contributed by atoms with van der Waals surface area (Å²) in [5.41, 5.74) is 5.06. The van der Waals surface area contributed by atoms with E-state index in [2.05, 4.69) is 73.4 Å². The molecule has 0 bridgehead atoms. The molecule has 3 aliphatic heterocycles. The summed E-state index contributed by atoms with van der Waals surface area (Å²) in [6.07, 6.45) is 4.82. The Labute approximate surface area is 219 Å². The lowest BCUT2D eigenvalue weighted by Gasteiger charge is -2.51. The Bertz CT molecular complexity index is 1260. The second-order valence-corrected chi connectivity index (χ2v) is 10.6. The SMILES string of the molecule is CC1CN(c2ccc(C#N)c3ncccc23)CC2CN(CCc3ccc(N4CCNCC4)cn3)CCN12. The largest absolute Gasteiger partial charge is 0.368 e. The van der Waals surface area contributed by atoms with Crippen LogP contribution >= 0.6 is 0 Å². The van der Waals surface area contributed by atoms with Crippen LogP contribution in [0.1, 0.15) is 18.2 Å². The summed E-state index contributed by atoms with van der Waals surface area (Å²) in [4.78, 5) is 19.5. The number of pyridine rings is 2. The number of hydrogen-bond acceptors (Lipinski definition) is 8. The standard InChI is InChI=1S/C29H36N8/c1-22-19-36(28-7-4-23(17-30)29-27(28)3-2-9-32-29)21-26-20-34(15-16-37(22)26)12-8-24-5-6-25(18-33-24)35-13-10-31-11-14-35/h2-7,9,18,22,26,31H,8,10-16,19-21H2,1H3. The van der Waals surface area contributed by atoms with Gasteiger partial charge in [-0.2, -0.15) is 5.26 Å². The van der Waals surface area contributed by atoms with Gasteiger partial charge in [-0.1, -0.05) is 0 Å². The zero-order chi connectivity index (χ0) is 25.2. The van der Waals surface area contributed by atoms with Gasteiger partial charge in [0.1, 0.15) is 6.07 Å². The molecule has 37 heavy (non-hydrogen) atoms. The fourth-order valence-electron chi connectivity index (χ4n) is 6.30. The molecule has 1 N–H and O–H groups in total. The fraction of sp³-hybridized carbons (Fsp3) is 0.483. The number of hydrogen-bond donors (Lipinski definition) is 1. The molecule has 3 saturated heterocycles. The van der Waals surface area contributed by atoms with E-state index >= 15 is 0 Å². The molecule has 2 unspecified atom stereocenters. The van der Waals surface area contributed by atoms with Crippen molar-refractivity contribution in [2.24, 2.45) is 0 Å². The van der Waals surface area contributed by atoms with Gasteiger partial charge < -0.3 is 20.0 Å². The Morgan fingerprint density at radius 1 is 0.973 bits per heavy atom. The van der Waals surface area contributed by atoms with E-state index in [-0.39, 0.29) is 0 Å². The van der Waals surface area contributed by atoms with E-state index in [9.17, 15) is 5.26 Å². The van der Waals surface area contributed by atoms with Gasteiger partial charge in [-0.25, -0.2) is 0 Å². The van der Waals surface area contributed by atoms with E-state index < -0.39 is 0 Å². The molecule has 5 heterocycles. The van der Waals surface area contributed by atoms with Crippen LogP contribution in [0.2, 0.25) is 0 Å². The first-order chi connectivity index (χ1) is 18.2. The number of nitrogens with one attached hydrogen (secondary N) is 1. The summed E-state index contributed by atoms with van der Waals surface area (Å²) in [5, 5.41) is 14.0. The molecule has 0 aliphatic carbocycles. The molecule has 0 spiro atoms. The van der Waals surface area contributed by atoms with Crippen LogP contribution in [-0.2, 0) is 6.42 Å². The maximum atomic E-state index is 9.54. The molecule has 6 rings (SSSR count). The van der Waals surface area contributed by atoms with Crippen LogP contribution in [0.3, 0.4) is 0 Å². The Kier molecular flexibility index (Phi) is 6.92. The molecule has 3 aliphatic rings. The minimum absolute atomic E-state index is 0.488. The van der Waals surface area contributed by atoms with Gasteiger partial charge in [0.05, 0.1) is 23.0 Å². The van der Waals surface area contributed by atoms with Crippen LogP contribution in [0.5, 0.6) is 0 Å². The first kappa shape index (κ1) is 24.1. The third-order valence-electron chi connectivity index (χ3n) is 8.28. The molecular weight excluding hydrogens is 460 g/mol. The molecule has 0 saturated carbocycles. The average Bonchev–Trinajstić information content (AvgIpc) is 2.96. The van der Waals surface area contributed by atoms with Crippen LogP contribution < -0.4 is 15.1 Å². The maximum Gasteiger partial charge on any atom is 0.101 e. The highest BCUT2D eigenvalue weighted by molar-refractivity contribution is 5.95. The molecular formula is C29H36N8. The normalized spacial score (nSPS) is 23.1. The monoisotopic (exact) mass is 496 g/mol. The zero-order valence-electron chi connectivity index (χ0n) is 21.7. The second kappa shape index (κ2) is 10.6. The van der Waals surface area contributed by atoms with E-state index in [1.54, 1.807) is 6.20 Å². The summed E-state index contributed by atoms with van der Waals surface area (Å²) in [6.45, 7) is 12.9. The summed E-state index contributed by atoms with van der Waals surface area (Å²) in [7, 11) is 0. The predicted molar refractivity (Wildman–Crippen MR) is 148 cm³/mol. The number of piperazine rings is 3. The van der Waals surface area contributed by atoms with Gasteiger partial charge in [-0.05, 0) is 43.3 Å². The highest BCUT2D eigenvalue weighted by Gasteiger charge is 2.36. The van der Waals surface area contributed by atoms with Gasteiger partial charge >= 0.3 is 0 Å². The zero-order valence-corrected chi connectivity index (χ0v) is 21.7. The molecule has 1 aromatic carbocycles. The van der Waals surface area contributed by atoms with E-state index in [4.69, 9.17) is 4.98 Å². The molecule has 0 radical (unpaired) electrons. The van der Waals surface area contributed by atoms with Crippen molar-refractivity contribution < 1.29 is 0 Å². The first-order valence-electron chi connectivity index (χ1n) is 13.6. The smallest absolute Gasteiger partial charge is 0.101 e. The quantitative estimate of drug-likeness (QED) is 0.577. The summed E-state index contributed by atoms with van der Waals surface area (Å²) >= 11 is 0. The number of nitrogens with zero attached hydrogens (tertiary/aromatic N) is 7. The van der Waals surface area contributed by atoms with Crippen molar-refractivity contribution in [2.45, 2.75) is 25.4 Å². The van der Waals surface area contributed by atoms with Crippen molar-refractivity contribution in [2.75, 3.05) is 75.2 Å². The maximum absolute atomic E-state index is 9.54. The van der Waals surface area contributed by atoms with Gasteiger partial charge in [0.2, 0.25) is 0 Å². The van der Waals surface area contributed by atoms with E-state index in [0.717, 1.165) is 82.8 Å². The summed E-state index contributed by atoms with van der Waals surface area (Å²) in [6, 6.07) is 15.8. The van der Waals surface area contributed by atoms with Crippen LogP contribution in [0, 0.1) is 11.3 Å². The third-order valence-corrected chi connectivity index (χ3v) is 8.28. The lowest BCUT2D eigenvalue weighted by atomic mass is 10.0. The van der Waals surface area contributed by atoms with Crippen LogP contribution in [0.15, 0.2) is 48.8 Å². The van der Waals surface area contributed by atoms with Crippen LogP contribution in [0.4, 0.5) is 11.4 Å². The number of nitriles is 1. The lowest BCUT2D eigenvalue weighted by Crippen LogP contribution is -2.65. The van der Waals surface area contributed by atoms with E-state index in [0.29, 0.717) is 17.6 Å². The van der Waals surface area contributed by atoms with Crippen LogP contribution in [-0.4, -0.2) is 97.3 Å². The van der Waals surface area contributed by atoms with E-state index in [1.807, 2.05) is 12.1 Å². The molecule has 192 valence electrons. The van der Waals surface area contributed by atoms with Crippen molar-refractivity contribution in [3.8, 4) is 6.07 Å². The first-order valence-corrected chi connectivity index (χ1v) is 13.6. The van der Waals surface area contributed by atoms with Gasteiger partial charge in [0.25, 0.3) is 0 Å². The number of anilines is 2. The van der Waals surface area contributed by atoms with E-state index in [1.165, 1.54) is 17.1 Å². The van der Waals surface area contributed by atoms with Crippen molar-refractivity contribution >= 4 is 22.3 Å². The Morgan fingerprint density at radius 2 is 1.86 bits per heavy atom. The molecule has 8 nitrogen and oxygen atoms in total. The fourth-order valence-corrected chi connectivity index (χ4v) is 6.30. The summed E-state index contributed by atoms with van der Waals surface area (Å²) in [5.74, 6) is 0. The highest BCUT2D eigenvalue weighted by Crippen LogP contribution is 2.31. The number of fused-ring (bicyclic) bond motifs is 2. The third kappa shape index (κ3) is 4.99. The minimum Gasteiger partial charge on any atom is -0.368 e. The van der Waals surface area contributed by atoms with Crippen LogP contribution in [0.25, 0.3) is 10.9 Å². The van der Waals surface area contributed by atoms with Gasteiger partial charge in [-0.3, -0.25) is 14.9 Å². The molecule has 0 amide bonds. The van der Waals surface area contributed by atoms with Crippen molar-refractivity contribution in [3.63, 3.8) is 0 Å². The van der Waals surface area contributed by atoms with Gasteiger partial charge in [-0.15, -0.1) is 0 Å². The Hall–Kier alpha value is -3.25. The average molecular weight is 497 g/mol. The van der Waals surface area contributed by atoms with Crippen molar-refractivity contribution in [1.29, 1.82) is 5.26 Å². The minimum atomic E-state index is 0.488. The molecule has 2 aromatic heterocycles. The highest BCUT2D eigenvalue weighted by atomic mass is 15.4. The predicted octanol–water partition coefficient (Wildman–Crippen LogP) is 2.35. The lowest BCUT2D eigenvalue weighted by molar-refractivity contribution is 0.0355. The molecule has 2 atom stereocenters.